The van der Waals surface area contributed by atoms with E-state index in [-0.39, 0.29) is 0 Å². The summed E-state index contributed by atoms with van der Waals surface area (Å²) in [4.78, 5) is 4.59. The van der Waals surface area contributed by atoms with E-state index in [2.05, 4.69) is 29.4 Å². The number of pyridine rings is 1. The van der Waals surface area contributed by atoms with Crippen molar-refractivity contribution < 1.29 is 0 Å². The van der Waals surface area contributed by atoms with Crippen LogP contribution in [0, 0.1) is 6.92 Å². The molecule has 0 spiro atoms. The van der Waals surface area contributed by atoms with Gasteiger partial charge in [-0.15, -0.1) is 0 Å². The number of para-hydroxylation sites is 1. The Morgan fingerprint density at radius 3 is 2.88 bits per heavy atom. The number of nitrogens with one attached hydrogen (secondary N) is 1. The topological polar surface area (TPSA) is 50.9 Å². The Bertz CT molecular complexity index is 494. The molecule has 0 aliphatic heterocycles. The first-order valence-electron chi connectivity index (χ1n) is 6.11. The zero-order valence-electron chi connectivity index (χ0n) is 10.2. The number of aryl methyl sites for hydroxylation is 1. The van der Waals surface area contributed by atoms with E-state index in [9.17, 15) is 0 Å². The molecule has 3 N–H and O–H groups in total. The highest BCUT2D eigenvalue weighted by Gasteiger charge is 2.01. The molecule has 0 aliphatic carbocycles. The van der Waals surface area contributed by atoms with Crippen LogP contribution in [-0.4, -0.2) is 18.1 Å². The summed E-state index contributed by atoms with van der Waals surface area (Å²) < 4.78 is 0. The monoisotopic (exact) mass is 229 g/mol. The minimum Gasteiger partial charge on any atom is -0.370 e. The van der Waals surface area contributed by atoms with Gasteiger partial charge >= 0.3 is 0 Å². The summed E-state index contributed by atoms with van der Waals surface area (Å²) >= 11 is 0. The van der Waals surface area contributed by atoms with E-state index in [1.807, 2.05) is 18.2 Å². The predicted molar refractivity (Wildman–Crippen MR) is 73.3 cm³/mol. The van der Waals surface area contributed by atoms with Gasteiger partial charge in [-0.25, -0.2) is 4.98 Å². The van der Waals surface area contributed by atoms with Gasteiger partial charge in [0.1, 0.15) is 5.82 Å². The lowest BCUT2D eigenvalue weighted by Gasteiger charge is -2.08. The Kier molecular flexibility index (Phi) is 3.94. The summed E-state index contributed by atoms with van der Waals surface area (Å²) in [5.41, 5.74) is 7.77. The number of unbranched alkanes of at least 4 members (excludes halogenated alkanes) is 1. The molecule has 3 nitrogen and oxygen atoms in total. The lowest BCUT2D eigenvalue weighted by molar-refractivity contribution is 0.772. The van der Waals surface area contributed by atoms with E-state index in [0.717, 1.165) is 37.3 Å². The van der Waals surface area contributed by atoms with Gasteiger partial charge in [0.25, 0.3) is 0 Å². The fraction of sp³-hybridized carbons (Fsp3) is 0.357. The highest BCUT2D eigenvalue weighted by Crippen LogP contribution is 2.19. The minimum absolute atomic E-state index is 0.756. The third-order valence-corrected chi connectivity index (χ3v) is 2.86. The average molecular weight is 229 g/mol. The second kappa shape index (κ2) is 5.64. The highest BCUT2D eigenvalue weighted by atomic mass is 15.0. The van der Waals surface area contributed by atoms with Crippen molar-refractivity contribution in [2.45, 2.75) is 19.8 Å². The molecule has 0 saturated heterocycles. The third kappa shape index (κ3) is 2.94. The number of rotatable bonds is 5. The normalized spacial score (nSPS) is 10.7. The number of hydrogen-bond donors (Lipinski definition) is 2. The third-order valence-electron chi connectivity index (χ3n) is 2.86. The maximum Gasteiger partial charge on any atom is 0.126 e. The van der Waals surface area contributed by atoms with Gasteiger partial charge in [-0.3, -0.25) is 0 Å². The summed E-state index contributed by atoms with van der Waals surface area (Å²) in [6.45, 7) is 3.81. The van der Waals surface area contributed by atoms with Crippen LogP contribution >= 0.6 is 0 Å². The largest absolute Gasteiger partial charge is 0.370 e. The highest BCUT2D eigenvalue weighted by molar-refractivity contribution is 5.83. The zero-order chi connectivity index (χ0) is 12.1. The first-order chi connectivity index (χ1) is 8.31. The van der Waals surface area contributed by atoms with Gasteiger partial charge in [0.05, 0.1) is 5.52 Å². The number of fused-ring (bicyclic) bond motifs is 1. The van der Waals surface area contributed by atoms with Gasteiger partial charge in [-0.2, -0.15) is 0 Å². The molecular weight excluding hydrogens is 210 g/mol. The van der Waals surface area contributed by atoms with Crippen LogP contribution in [0.5, 0.6) is 0 Å². The van der Waals surface area contributed by atoms with Gasteiger partial charge in [-0.1, -0.05) is 18.2 Å². The van der Waals surface area contributed by atoms with E-state index in [4.69, 9.17) is 5.73 Å². The number of nitrogens with zero attached hydrogens (tertiary/aromatic N) is 1. The Morgan fingerprint density at radius 1 is 1.24 bits per heavy atom. The van der Waals surface area contributed by atoms with Gasteiger partial charge < -0.3 is 11.1 Å². The smallest absolute Gasteiger partial charge is 0.126 e. The average Bonchev–Trinajstić information content (AvgIpc) is 2.35. The van der Waals surface area contributed by atoms with Crippen molar-refractivity contribution >= 4 is 16.7 Å². The minimum atomic E-state index is 0.756. The lowest BCUT2D eigenvalue weighted by atomic mass is 10.1. The summed E-state index contributed by atoms with van der Waals surface area (Å²) in [6, 6.07) is 10.3. The maximum atomic E-state index is 5.46. The number of hydrogen-bond acceptors (Lipinski definition) is 3. The molecule has 0 atom stereocenters. The molecule has 2 rings (SSSR count). The molecule has 0 saturated carbocycles. The molecule has 0 aliphatic rings. The van der Waals surface area contributed by atoms with Crippen LogP contribution < -0.4 is 11.1 Å². The van der Waals surface area contributed by atoms with E-state index in [1.165, 1.54) is 10.9 Å². The van der Waals surface area contributed by atoms with Gasteiger partial charge in [-0.05, 0) is 44.0 Å². The van der Waals surface area contributed by atoms with Crippen LogP contribution in [0.1, 0.15) is 18.4 Å². The van der Waals surface area contributed by atoms with Crippen LogP contribution in [0.2, 0.25) is 0 Å². The fourth-order valence-corrected chi connectivity index (χ4v) is 1.93. The van der Waals surface area contributed by atoms with Crippen LogP contribution in [-0.2, 0) is 0 Å². The summed E-state index contributed by atoms with van der Waals surface area (Å²) in [5, 5.41) is 4.57. The maximum absolute atomic E-state index is 5.46. The molecule has 1 heterocycles. The Morgan fingerprint density at radius 2 is 2.06 bits per heavy atom. The number of nitrogens with two attached hydrogens (primary N) is 1. The first kappa shape index (κ1) is 11.9. The van der Waals surface area contributed by atoms with Crippen molar-refractivity contribution in [3.05, 3.63) is 35.9 Å². The second-order valence-electron chi connectivity index (χ2n) is 4.26. The van der Waals surface area contributed by atoms with Gasteiger partial charge in [0.15, 0.2) is 0 Å². The summed E-state index contributed by atoms with van der Waals surface area (Å²) in [7, 11) is 0. The van der Waals surface area contributed by atoms with E-state index < -0.39 is 0 Å². The van der Waals surface area contributed by atoms with Crippen LogP contribution in [0.4, 0.5) is 5.82 Å². The van der Waals surface area contributed by atoms with E-state index in [0.29, 0.717) is 0 Å². The van der Waals surface area contributed by atoms with Crippen molar-refractivity contribution in [2.24, 2.45) is 5.73 Å². The number of benzene rings is 1. The lowest BCUT2D eigenvalue weighted by Crippen LogP contribution is -2.07. The molecule has 0 radical (unpaired) electrons. The van der Waals surface area contributed by atoms with Crippen LogP contribution in [0.3, 0.4) is 0 Å². The second-order valence-corrected chi connectivity index (χ2v) is 4.26. The van der Waals surface area contributed by atoms with Gasteiger partial charge in [0.2, 0.25) is 0 Å². The molecule has 1 aromatic heterocycles. The van der Waals surface area contributed by atoms with Crippen molar-refractivity contribution in [1.29, 1.82) is 0 Å². The molecule has 0 bridgehead atoms. The molecule has 0 amide bonds. The molecule has 0 fully saturated rings. The quantitative estimate of drug-likeness (QED) is 0.775. The molecule has 1 aromatic carbocycles. The molecule has 0 unspecified atom stereocenters. The fourth-order valence-electron chi connectivity index (χ4n) is 1.93. The SMILES string of the molecule is Cc1cc(NCCCCN)nc2ccccc12. The van der Waals surface area contributed by atoms with Gasteiger partial charge in [0, 0.05) is 11.9 Å². The van der Waals surface area contributed by atoms with Crippen molar-refractivity contribution in [3.63, 3.8) is 0 Å². The Hall–Kier alpha value is -1.61. The summed E-state index contributed by atoms with van der Waals surface area (Å²) in [6.07, 6.45) is 2.14. The van der Waals surface area contributed by atoms with E-state index >= 15 is 0 Å². The van der Waals surface area contributed by atoms with Crippen molar-refractivity contribution in [1.82, 2.24) is 4.98 Å². The van der Waals surface area contributed by atoms with Crippen LogP contribution in [0.25, 0.3) is 10.9 Å². The van der Waals surface area contributed by atoms with Crippen molar-refractivity contribution in [3.8, 4) is 0 Å². The Labute approximate surface area is 102 Å². The summed E-state index contributed by atoms with van der Waals surface area (Å²) in [5.74, 6) is 0.957. The van der Waals surface area contributed by atoms with Crippen LogP contribution in [0.15, 0.2) is 30.3 Å². The molecule has 3 heteroatoms. The standard InChI is InChI=1S/C14H19N3/c1-11-10-14(16-9-5-4-8-15)17-13-7-3-2-6-12(11)13/h2-3,6-7,10H,4-5,8-9,15H2,1H3,(H,16,17). The predicted octanol–water partition coefficient (Wildman–Crippen LogP) is 2.69. The molecule has 2 aromatic rings. The molecule has 90 valence electrons. The van der Waals surface area contributed by atoms with Crippen molar-refractivity contribution in [2.75, 3.05) is 18.4 Å². The molecular formula is C14H19N3. The number of anilines is 1. The van der Waals surface area contributed by atoms with E-state index in [1.54, 1.807) is 0 Å². The first-order valence-corrected chi connectivity index (χ1v) is 6.11. The molecule has 17 heavy (non-hydrogen) atoms. The Balaban J connectivity index is 2.13. The zero-order valence-corrected chi connectivity index (χ0v) is 10.2. The number of aromatic nitrogens is 1.